The Labute approximate surface area is 168 Å². The first-order valence-corrected chi connectivity index (χ1v) is 10.3. The number of likely N-dealkylation sites (N-methyl/N-ethyl adjacent to an activating group) is 1. The second-order valence-corrected chi connectivity index (χ2v) is 8.29. The maximum Gasteiger partial charge on any atom is 0.318 e. The van der Waals surface area contributed by atoms with Crippen molar-refractivity contribution in [3.63, 3.8) is 0 Å². The maximum absolute atomic E-state index is 12.9. The molecule has 3 rings (SSSR count). The molecule has 7 heteroatoms. The lowest BCUT2D eigenvalue weighted by Gasteiger charge is -2.28. The van der Waals surface area contributed by atoms with Crippen molar-refractivity contribution in [1.29, 1.82) is 0 Å². The van der Waals surface area contributed by atoms with Crippen molar-refractivity contribution in [1.82, 2.24) is 15.1 Å². The van der Waals surface area contributed by atoms with E-state index < -0.39 is 6.04 Å². The van der Waals surface area contributed by atoms with Crippen LogP contribution in [-0.2, 0) is 17.9 Å². The summed E-state index contributed by atoms with van der Waals surface area (Å²) in [4.78, 5) is 30.0. The van der Waals surface area contributed by atoms with Crippen LogP contribution in [0.3, 0.4) is 0 Å². The Morgan fingerprint density at radius 3 is 2.70 bits per heavy atom. The number of nitrogens with zero attached hydrogens (tertiary/aromatic N) is 2. The summed E-state index contributed by atoms with van der Waals surface area (Å²) < 4.78 is 0. The number of nitrogens with one attached hydrogen (secondary N) is 1. The maximum atomic E-state index is 12.9. The minimum Gasteiger partial charge on any atom is -0.340 e. The molecule has 27 heavy (non-hydrogen) atoms. The minimum absolute atomic E-state index is 0.0232. The van der Waals surface area contributed by atoms with Crippen LogP contribution in [0, 0.1) is 6.92 Å². The third kappa shape index (κ3) is 4.82. The van der Waals surface area contributed by atoms with Crippen LogP contribution in [0.1, 0.15) is 28.8 Å². The zero-order valence-electron chi connectivity index (χ0n) is 15.6. The van der Waals surface area contributed by atoms with Crippen molar-refractivity contribution >= 4 is 34.9 Å². The number of carbonyl (C=O) groups excluding carboxylic acids is 2. The van der Waals surface area contributed by atoms with Gasteiger partial charge in [-0.15, -0.1) is 11.3 Å². The number of benzene rings is 1. The summed E-state index contributed by atoms with van der Waals surface area (Å²) in [5, 5.41) is 5.65. The van der Waals surface area contributed by atoms with E-state index in [1.54, 1.807) is 28.2 Å². The highest BCUT2D eigenvalue weighted by Gasteiger charge is 2.35. The lowest BCUT2D eigenvalue weighted by molar-refractivity contribution is -0.134. The van der Waals surface area contributed by atoms with E-state index in [1.807, 2.05) is 42.6 Å². The molecule has 2 aromatic rings. The van der Waals surface area contributed by atoms with E-state index in [-0.39, 0.29) is 11.9 Å². The number of carbonyl (C=O) groups is 2. The fourth-order valence-corrected chi connectivity index (χ4v) is 4.28. The molecule has 0 saturated carbocycles. The zero-order chi connectivity index (χ0) is 19.4. The molecule has 3 amide bonds. The van der Waals surface area contributed by atoms with Crippen LogP contribution in [-0.4, -0.2) is 41.4 Å². The zero-order valence-corrected chi connectivity index (χ0v) is 17.1. The molecule has 0 radical (unpaired) electrons. The van der Waals surface area contributed by atoms with Gasteiger partial charge >= 0.3 is 6.03 Å². The molecule has 1 aromatic carbocycles. The summed E-state index contributed by atoms with van der Waals surface area (Å²) in [5.41, 5.74) is 2.19. The number of halogens is 1. The van der Waals surface area contributed by atoms with Gasteiger partial charge in [-0.2, -0.15) is 0 Å². The molecule has 5 nitrogen and oxygen atoms in total. The van der Waals surface area contributed by atoms with Gasteiger partial charge in [0, 0.05) is 30.0 Å². The molecule has 1 atom stereocenters. The van der Waals surface area contributed by atoms with E-state index >= 15 is 0 Å². The number of rotatable bonds is 5. The lowest BCUT2D eigenvalue weighted by atomic mass is 10.1. The number of hydrogen-bond donors (Lipinski definition) is 1. The number of likely N-dealkylation sites (tertiary alicyclic amines) is 1. The van der Waals surface area contributed by atoms with Crippen LogP contribution in [0.5, 0.6) is 0 Å². The van der Waals surface area contributed by atoms with Crippen LogP contribution in [0.25, 0.3) is 0 Å². The molecular weight excluding hydrogens is 382 g/mol. The summed E-state index contributed by atoms with van der Waals surface area (Å²) in [6.45, 7) is 3.64. The number of urea groups is 1. The predicted octanol–water partition coefficient (Wildman–Crippen LogP) is 4.04. The number of amides is 3. The molecule has 1 saturated heterocycles. The van der Waals surface area contributed by atoms with E-state index in [1.165, 1.54) is 5.56 Å². The van der Waals surface area contributed by atoms with Gasteiger partial charge in [0.2, 0.25) is 5.91 Å². The molecule has 0 bridgehead atoms. The van der Waals surface area contributed by atoms with Crippen LogP contribution >= 0.6 is 22.9 Å². The van der Waals surface area contributed by atoms with E-state index in [9.17, 15) is 9.59 Å². The average Bonchev–Trinajstić information content (AvgIpc) is 3.30. The second-order valence-electron chi connectivity index (χ2n) is 6.86. The summed E-state index contributed by atoms with van der Waals surface area (Å²) in [5.74, 6) is -0.0232. The highest BCUT2D eigenvalue weighted by atomic mass is 35.5. The Morgan fingerprint density at radius 1 is 1.30 bits per heavy atom. The quantitative estimate of drug-likeness (QED) is 0.816. The Balaban J connectivity index is 1.58. The second kappa shape index (κ2) is 8.76. The van der Waals surface area contributed by atoms with Crippen molar-refractivity contribution in [3.8, 4) is 0 Å². The van der Waals surface area contributed by atoms with Gasteiger partial charge in [-0.1, -0.05) is 23.7 Å². The summed E-state index contributed by atoms with van der Waals surface area (Å²) >= 11 is 7.54. The van der Waals surface area contributed by atoms with Crippen molar-refractivity contribution in [2.45, 2.75) is 38.9 Å². The first-order valence-electron chi connectivity index (χ1n) is 9.02. The third-order valence-electron chi connectivity index (χ3n) is 4.88. The van der Waals surface area contributed by atoms with Gasteiger partial charge in [-0.25, -0.2) is 4.79 Å². The Morgan fingerprint density at radius 2 is 2.04 bits per heavy atom. The van der Waals surface area contributed by atoms with Gasteiger partial charge < -0.3 is 15.1 Å². The Bertz CT molecular complexity index is 806. The molecule has 1 fully saturated rings. The minimum atomic E-state index is -0.397. The van der Waals surface area contributed by atoms with E-state index in [4.69, 9.17) is 11.6 Å². The first kappa shape index (κ1) is 19.7. The third-order valence-corrected chi connectivity index (χ3v) is 6.15. The van der Waals surface area contributed by atoms with Crippen LogP contribution in [0.4, 0.5) is 4.79 Å². The largest absolute Gasteiger partial charge is 0.340 e. The molecule has 1 N–H and O–H groups in total. The summed E-state index contributed by atoms with van der Waals surface area (Å²) in [6.07, 6.45) is 1.55. The Kier molecular flexibility index (Phi) is 6.39. The van der Waals surface area contributed by atoms with E-state index in [0.29, 0.717) is 31.1 Å². The SMILES string of the molecule is Cc1ccsc1CNC(=O)N1CCC[C@@H]1C(=O)N(C)Cc1ccc(Cl)cc1. The molecule has 1 aliphatic rings. The predicted molar refractivity (Wildman–Crippen MR) is 109 cm³/mol. The van der Waals surface area contributed by atoms with Crippen molar-refractivity contribution in [3.05, 3.63) is 56.7 Å². The first-order chi connectivity index (χ1) is 13.0. The monoisotopic (exact) mass is 405 g/mol. The van der Waals surface area contributed by atoms with E-state index in [0.717, 1.165) is 16.9 Å². The number of hydrogen-bond acceptors (Lipinski definition) is 3. The Hall–Kier alpha value is -2.05. The lowest BCUT2D eigenvalue weighted by Crippen LogP contribution is -2.49. The highest BCUT2D eigenvalue weighted by molar-refractivity contribution is 7.10. The van der Waals surface area contributed by atoms with Crippen LogP contribution in [0.2, 0.25) is 5.02 Å². The van der Waals surface area contributed by atoms with Crippen molar-refractivity contribution in [2.24, 2.45) is 0 Å². The highest BCUT2D eigenvalue weighted by Crippen LogP contribution is 2.21. The fraction of sp³-hybridized carbons (Fsp3) is 0.400. The summed E-state index contributed by atoms with van der Waals surface area (Å²) in [6, 6.07) is 8.93. The molecule has 0 spiro atoms. The van der Waals surface area contributed by atoms with Crippen molar-refractivity contribution < 1.29 is 9.59 Å². The van der Waals surface area contributed by atoms with Gasteiger partial charge in [0.25, 0.3) is 0 Å². The van der Waals surface area contributed by atoms with Gasteiger partial charge in [0.05, 0.1) is 6.54 Å². The topological polar surface area (TPSA) is 52.7 Å². The smallest absolute Gasteiger partial charge is 0.318 e. The molecule has 0 aliphatic carbocycles. The van der Waals surface area contributed by atoms with Gasteiger partial charge in [0.1, 0.15) is 6.04 Å². The molecule has 144 valence electrons. The van der Waals surface area contributed by atoms with E-state index in [2.05, 4.69) is 5.32 Å². The van der Waals surface area contributed by atoms with Gasteiger partial charge in [-0.3, -0.25) is 4.79 Å². The van der Waals surface area contributed by atoms with Crippen LogP contribution < -0.4 is 5.32 Å². The fourth-order valence-electron chi connectivity index (χ4n) is 3.31. The average molecular weight is 406 g/mol. The van der Waals surface area contributed by atoms with Gasteiger partial charge in [0.15, 0.2) is 0 Å². The van der Waals surface area contributed by atoms with Crippen molar-refractivity contribution in [2.75, 3.05) is 13.6 Å². The normalized spacial score (nSPS) is 16.4. The molecular formula is C20H24ClN3O2S. The molecule has 0 unspecified atom stereocenters. The van der Waals surface area contributed by atoms with Crippen LogP contribution in [0.15, 0.2) is 35.7 Å². The molecule has 2 heterocycles. The molecule has 1 aromatic heterocycles. The number of aryl methyl sites for hydroxylation is 1. The summed E-state index contributed by atoms with van der Waals surface area (Å²) in [7, 11) is 1.78. The standard InChI is InChI=1S/C20H24ClN3O2S/c1-14-9-11-27-18(14)12-22-20(26)24-10-3-4-17(24)19(25)23(2)13-15-5-7-16(21)8-6-15/h5-9,11,17H,3-4,10,12-13H2,1-2H3,(H,22,26)/t17-/m1/s1. The number of thiophene rings is 1. The molecule has 1 aliphatic heterocycles. The van der Waals surface area contributed by atoms with Gasteiger partial charge in [-0.05, 0) is 54.5 Å².